The quantitative estimate of drug-likeness (QED) is 0.645. The molecule has 0 saturated heterocycles. The van der Waals surface area contributed by atoms with Crippen LogP contribution in [0, 0.1) is 5.92 Å². The molecule has 0 rings (SSSR count). The Bertz CT molecular complexity index is 154. The fourth-order valence-electron chi connectivity index (χ4n) is 1.80. The minimum atomic E-state index is 0.204. The van der Waals surface area contributed by atoms with E-state index in [0.29, 0.717) is 12.0 Å². The van der Waals surface area contributed by atoms with Crippen LogP contribution >= 0.6 is 0 Å². The van der Waals surface area contributed by atoms with Crippen LogP contribution in [0.15, 0.2) is 0 Å². The van der Waals surface area contributed by atoms with Gasteiger partial charge in [0, 0.05) is 19.5 Å². The molecule has 0 aliphatic heterocycles. The summed E-state index contributed by atoms with van der Waals surface area (Å²) in [7, 11) is 0. The Balaban J connectivity index is 4.25. The van der Waals surface area contributed by atoms with Gasteiger partial charge in [0.25, 0.3) is 0 Å². The molecule has 78 valence electrons. The molecule has 0 saturated carbocycles. The minimum absolute atomic E-state index is 0.204. The normalized spacial score (nSPS) is 13.1. The largest absolute Gasteiger partial charge is 0.340 e. The van der Waals surface area contributed by atoms with Gasteiger partial charge < -0.3 is 4.90 Å². The van der Waals surface area contributed by atoms with Crippen LogP contribution in [0.1, 0.15) is 47.5 Å². The molecule has 0 aliphatic rings. The minimum Gasteiger partial charge on any atom is -0.340 e. The molecule has 1 amide bonds. The predicted octanol–water partition coefficient (Wildman–Crippen LogP) is 2.68. The number of amides is 1. The van der Waals surface area contributed by atoms with Crippen LogP contribution < -0.4 is 0 Å². The molecule has 0 aliphatic carbocycles. The summed E-state index contributed by atoms with van der Waals surface area (Å²) < 4.78 is 0. The van der Waals surface area contributed by atoms with Crippen LogP contribution in [-0.2, 0) is 4.79 Å². The van der Waals surface area contributed by atoms with E-state index in [1.165, 1.54) is 0 Å². The molecule has 0 aromatic carbocycles. The molecule has 2 heteroatoms. The molecule has 0 aromatic heterocycles. The standard InChI is InChI=1S/C11H23NO/c1-6-11(8-9(3)4)12(7-2)10(5)13/h9,11H,6-8H2,1-5H3. The zero-order chi connectivity index (χ0) is 10.4. The molecule has 1 unspecified atom stereocenters. The topological polar surface area (TPSA) is 20.3 Å². The Labute approximate surface area is 82.3 Å². The van der Waals surface area contributed by atoms with Crippen LogP contribution in [0.2, 0.25) is 0 Å². The predicted molar refractivity (Wildman–Crippen MR) is 56.6 cm³/mol. The summed E-state index contributed by atoms with van der Waals surface area (Å²) in [6.07, 6.45) is 2.18. The van der Waals surface area contributed by atoms with Crippen LogP contribution in [0.4, 0.5) is 0 Å². The van der Waals surface area contributed by atoms with Gasteiger partial charge in [0.05, 0.1) is 0 Å². The SMILES string of the molecule is CCC(CC(C)C)N(CC)C(C)=O. The molecule has 0 N–H and O–H groups in total. The third-order valence-corrected chi connectivity index (χ3v) is 2.40. The Kier molecular flexibility index (Phi) is 5.76. The lowest BCUT2D eigenvalue weighted by atomic mass is 10.0. The smallest absolute Gasteiger partial charge is 0.219 e. The molecule has 1 atom stereocenters. The molecule has 0 heterocycles. The fraction of sp³-hybridized carbons (Fsp3) is 0.909. The second-order valence-electron chi connectivity index (χ2n) is 4.00. The summed E-state index contributed by atoms with van der Waals surface area (Å²) in [5.74, 6) is 0.869. The maximum absolute atomic E-state index is 11.3. The van der Waals surface area contributed by atoms with E-state index in [4.69, 9.17) is 0 Å². The lowest BCUT2D eigenvalue weighted by molar-refractivity contribution is -0.131. The first kappa shape index (κ1) is 12.5. The van der Waals surface area contributed by atoms with E-state index in [9.17, 15) is 4.79 Å². The van der Waals surface area contributed by atoms with Crippen LogP contribution in [-0.4, -0.2) is 23.4 Å². The number of nitrogens with zero attached hydrogens (tertiary/aromatic N) is 1. The number of carbonyl (C=O) groups excluding carboxylic acids is 1. The number of carbonyl (C=O) groups is 1. The average molecular weight is 185 g/mol. The highest BCUT2D eigenvalue weighted by Gasteiger charge is 2.18. The lowest BCUT2D eigenvalue weighted by Crippen LogP contribution is -2.39. The van der Waals surface area contributed by atoms with E-state index in [0.717, 1.165) is 19.4 Å². The van der Waals surface area contributed by atoms with Gasteiger partial charge >= 0.3 is 0 Å². The van der Waals surface area contributed by atoms with Crippen molar-refractivity contribution in [2.75, 3.05) is 6.54 Å². The molecule has 0 fully saturated rings. The highest BCUT2D eigenvalue weighted by Crippen LogP contribution is 2.14. The third-order valence-electron chi connectivity index (χ3n) is 2.40. The van der Waals surface area contributed by atoms with Gasteiger partial charge in [-0.05, 0) is 25.7 Å². The van der Waals surface area contributed by atoms with E-state index < -0.39 is 0 Å². The van der Waals surface area contributed by atoms with Crippen molar-refractivity contribution in [1.82, 2.24) is 4.90 Å². The number of rotatable bonds is 5. The maximum Gasteiger partial charge on any atom is 0.219 e. The van der Waals surface area contributed by atoms with Gasteiger partial charge in [0.2, 0.25) is 5.91 Å². The Morgan fingerprint density at radius 3 is 2.08 bits per heavy atom. The van der Waals surface area contributed by atoms with Crippen molar-refractivity contribution in [1.29, 1.82) is 0 Å². The summed E-state index contributed by atoms with van der Waals surface area (Å²) in [6, 6.07) is 0.433. The summed E-state index contributed by atoms with van der Waals surface area (Å²) in [6.45, 7) is 11.1. The third kappa shape index (κ3) is 4.30. The molecule has 13 heavy (non-hydrogen) atoms. The van der Waals surface area contributed by atoms with Crippen molar-refractivity contribution in [3.63, 3.8) is 0 Å². The van der Waals surface area contributed by atoms with Gasteiger partial charge in [-0.3, -0.25) is 4.79 Å². The average Bonchev–Trinajstić information content (AvgIpc) is 2.02. The van der Waals surface area contributed by atoms with Gasteiger partial charge in [-0.2, -0.15) is 0 Å². The van der Waals surface area contributed by atoms with Crippen molar-refractivity contribution in [3.8, 4) is 0 Å². The Morgan fingerprint density at radius 1 is 1.31 bits per heavy atom. The van der Waals surface area contributed by atoms with Gasteiger partial charge in [0.1, 0.15) is 0 Å². The van der Waals surface area contributed by atoms with Gasteiger partial charge in [-0.1, -0.05) is 20.8 Å². The summed E-state index contributed by atoms with van der Waals surface area (Å²) in [5, 5.41) is 0. The first-order valence-corrected chi connectivity index (χ1v) is 5.30. The summed E-state index contributed by atoms with van der Waals surface area (Å²) >= 11 is 0. The molecular formula is C11H23NO. The van der Waals surface area contributed by atoms with Gasteiger partial charge in [0.15, 0.2) is 0 Å². The highest BCUT2D eigenvalue weighted by atomic mass is 16.2. The molecule has 0 aromatic rings. The van der Waals surface area contributed by atoms with Crippen molar-refractivity contribution in [2.45, 2.75) is 53.5 Å². The second kappa shape index (κ2) is 6.01. The fourth-order valence-corrected chi connectivity index (χ4v) is 1.80. The van der Waals surface area contributed by atoms with Crippen molar-refractivity contribution < 1.29 is 4.79 Å². The summed E-state index contributed by atoms with van der Waals surface area (Å²) in [5.41, 5.74) is 0. The van der Waals surface area contributed by atoms with Gasteiger partial charge in [-0.25, -0.2) is 0 Å². The Hall–Kier alpha value is -0.530. The van der Waals surface area contributed by atoms with Crippen molar-refractivity contribution in [2.24, 2.45) is 5.92 Å². The van der Waals surface area contributed by atoms with E-state index in [1.54, 1.807) is 6.92 Å². The number of hydrogen-bond acceptors (Lipinski definition) is 1. The number of hydrogen-bond donors (Lipinski definition) is 0. The molecule has 2 nitrogen and oxygen atoms in total. The summed E-state index contributed by atoms with van der Waals surface area (Å²) in [4.78, 5) is 13.3. The monoisotopic (exact) mass is 185 g/mol. The maximum atomic E-state index is 11.3. The zero-order valence-corrected chi connectivity index (χ0v) is 9.63. The Morgan fingerprint density at radius 2 is 1.85 bits per heavy atom. The molecule has 0 spiro atoms. The van der Waals surface area contributed by atoms with Crippen LogP contribution in [0.3, 0.4) is 0 Å². The van der Waals surface area contributed by atoms with Crippen LogP contribution in [0.25, 0.3) is 0 Å². The zero-order valence-electron chi connectivity index (χ0n) is 9.63. The van der Waals surface area contributed by atoms with Crippen molar-refractivity contribution in [3.05, 3.63) is 0 Å². The first-order chi connectivity index (χ1) is 6.02. The lowest BCUT2D eigenvalue weighted by Gasteiger charge is -2.30. The highest BCUT2D eigenvalue weighted by molar-refractivity contribution is 5.73. The molecular weight excluding hydrogens is 162 g/mol. The van der Waals surface area contributed by atoms with E-state index >= 15 is 0 Å². The van der Waals surface area contributed by atoms with Crippen molar-refractivity contribution >= 4 is 5.91 Å². The molecule has 0 bridgehead atoms. The second-order valence-corrected chi connectivity index (χ2v) is 4.00. The molecule has 0 radical (unpaired) electrons. The first-order valence-electron chi connectivity index (χ1n) is 5.30. The van der Waals surface area contributed by atoms with E-state index in [1.807, 2.05) is 11.8 Å². The van der Waals surface area contributed by atoms with Crippen LogP contribution in [0.5, 0.6) is 0 Å². The van der Waals surface area contributed by atoms with Gasteiger partial charge in [-0.15, -0.1) is 0 Å². The van der Waals surface area contributed by atoms with E-state index in [-0.39, 0.29) is 5.91 Å². The van der Waals surface area contributed by atoms with E-state index in [2.05, 4.69) is 20.8 Å².